The molecule has 4 nitrogen and oxygen atoms in total. The fraction of sp³-hybridized carbons (Fsp3) is 0.250. The summed E-state index contributed by atoms with van der Waals surface area (Å²) in [5.74, 6) is 0.777. The van der Waals surface area contributed by atoms with Gasteiger partial charge in [0.1, 0.15) is 11.2 Å². The van der Waals surface area contributed by atoms with Gasteiger partial charge in [-0.15, -0.1) is 34.9 Å². The third-order valence-electron chi connectivity index (χ3n) is 6.08. The zero-order valence-corrected chi connectivity index (χ0v) is 24.4. The van der Waals surface area contributed by atoms with E-state index in [1.165, 1.54) is 31.1 Å². The van der Waals surface area contributed by atoms with Crippen LogP contribution in [0.1, 0.15) is 64.5 Å². The normalized spacial score (nSPS) is 11.6. The number of hydrogen-bond acceptors (Lipinski definition) is 4. The second-order valence-electron chi connectivity index (χ2n) is 9.77. The van der Waals surface area contributed by atoms with Crippen molar-refractivity contribution in [2.24, 2.45) is 0 Å². The van der Waals surface area contributed by atoms with Gasteiger partial charge in [-0.3, -0.25) is 9.78 Å². The standard InChI is InChI=1S/C27H24NO.C5H8O2.Ir/c1-16(2)18-13-19(17(3)4)15-20(14-18)26-27-25(21-9-5-7-11-23(21)28-26)22-10-6-8-12-24(22)29-27;1-4(6)3-5(2)7;/h5-14,16-17H,1-4H3;3,6H,1-2H3;/q-1;;/b;4-3-;. The fourth-order valence-corrected chi connectivity index (χ4v) is 4.30. The Morgan fingerprint density at radius 2 is 1.59 bits per heavy atom. The van der Waals surface area contributed by atoms with E-state index in [9.17, 15) is 4.79 Å². The Balaban J connectivity index is 0.000000422. The number of hydrogen-bond donors (Lipinski definition) is 1. The summed E-state index contributed by atoms with van der Waals surface area (Å²) in [7, 11) is 0. The smallest absolute Gasteiger partial charge is 0.155 e. The molecule has 0 bridgehead atoms. The summed E-state index contributed by atoms with van der Waals surface area (Å²) < 4.78 is 6.36. The second kappa shape index (κ2) is 11.9. The summed E-state index contributed by atoms with van der Waals surface area (Å²) in [4.78, 5) is 15.1. The maximum Gasteiger partial charge on any atom is 0.155 e. The number of benzene rings is 3. The first kappa shape index (κ1) is 28.3. The van der Waals surface area contributed by atoms with Gasteiger partial charge >= 0.3 is 0 Å². The maximum atomic E-state index is 10.0. The minimum absolute atomic E-state index is 0. The molecule has 3 aromatic carbocycles. The van der Waals surface area contributed by atoms with Crippen molar-refractivity contribution in [2.75, 3.05) is 0 Å². The number of ketones is 1. The van der Waals surface area contributed by atoms with Gasteiger partial charge in [-0.25, -0.2) is 0 Å². The van der Waals surface area contributed by atoms with Gasteiger partial charge in [0.25, 0.3) is 0 Å². The predicted octanol–water partition coefficient (Wildman–Crippen LogP) is 8.88. The monoisotopic (exact) mass is 671 g/mol. The number of aromatic nitrogens is 1. The molecule has 5 aromatic rings. The van der Waals surface area contributed by atoms with Crippen molar-refractivity contribution < 1.29 is 34.4 Å². The summed E-state index contributed by atoms with van der Waals surface area (Å²) >= 11 is 0. The molecule has 0 spiro atoms. The Morgan fingerprint density at radius 1 is 0.946 bits per heavy atom. The zero-order valence-electron chi connectivity index (χ0n) is 22.0. The number of fused-ring (bicyclic) bond motifs is 5. The number of aliphatic hydroxyl groups is 1. The molecule has 0 aliphatic carbocycles. The Kier molecular flexibility index (Phi) is 9.07. The van der Waals surface area contributed by atoms with Crippen LogP contribution >= 0.6 is 0 Å². The molecule has 0 fully saturated rings. The number of carbonyl (C=O) groups excluding carboxylic acids is 1. The number of furan rings is 1. The van der Waals surface area contributed by atoms with Crippen LogP contribution in [0.3, 0.4) is 0 Å². The van der Waals surface area contributed by atoms with Crippen LogP contribution in [0.25, 0.3) is 44.1 Å². The molecular formula is C32H32IrNO3-. The molecule has 1 radical (unpaired) electrons. The fourth-order valence-electron chi connectivity index (χ4n) is 4.30. The van der Waals surface area contributed by atoms with E-state index >= 15 is 0 Å². The predicted molar refractivity (Wildman–Crippen MR) is 149 cm³/mol. The molecule has 193 valence electrons. The number of carbonyl (C=O) groups is 1. The quantitative estimate of drug-likeness (QED) is 0.118. The summed E-state index contributed by atoms with van der Waals surface area (Å²) in [5.41, 5.74) is 7.12. The van der Waals surface area contributed by atoms with E-state index in [1.54, 1.807) is 0 Å². The van der Waals surface area contributed by atoms with Crippen molar-refractivity contribution in [3.05, 3.63) is 89.7 Å². The van der Waals surface area contributed by atoms with Gasteiger partial charge in [0.15, 0.2) is 5.78 Å². The van der Waals surface area contributed by atoms with Crippen LogP contribution in [0.5, 0.6) is 0 Å². The minimum Gasteiger partial charge on any atom is -0.512 e. The Hall–Kier alpha value is -3.27. The molecule has 0 saturated carbocycles. The summed E-state index contributed by atoms with van der Waals surface area (Å²) in [6.07, 6.45) is 1.17. The van der Waals surface area contributed by atoms with Crippen molar-refractivity contribution in [1.82, 2.24) is 4.98 Å². The number of para-hydroxylation sites is 2. The number of allylic oxidation sites excluding steroid dienone is 2. The third kappa shape index (κ3) is 6.18. The zero-order chi connectivity index (χ0) is 26.0. The molecular weight excluding hydrogens is 639 g/mol. The van der Waals surface area contributed by atoms with Gasteiger partial charge in [0.2, 0.25) is 0 Å². The van der Waals surface area contributed by atoms with E-state index < -0.39 is 0 Å². The molecule has 0 aliphatic rings. The number of nitrogens with zero attached hydrogens (tertiary/aromatic N) is 1. The van der Waals surface area contributed by atoms with E-state index in [2.05, 4.69) is 76.2 Å². The molecule has 2 aromatic heterocycles. The first-order valence-corrected chi connectivity index (χ1v) is 12.3. The summed E-state index contributed by atoms with van der Waals surface area (Å²) in [6, 6.07) is 24.7. The third-order valence-corrected chi connectivity index (χ3v) is 6.08. The summed E-state index contributed by atoms with van der Waals surface area (Å²) in [5, 5.41) is 11.8. The van der Waals surface area contributed by atoms with Crippen molar-refractivity contribution in [2.45, 2.75) is 53.4 Å². The Bertz CT molecular complexity index is 1560. The van der Waals surface area contributed by atoms with Crippen LogP contribution in [-0.4, -0.2) is 15.9 Å². The summed E-state index contributed by atoms with van der Waals surface area (Å²) in [6.45, 7) is 11.7. The van der Waals surface area contributed by atoms with Gasteiger partial charge in [0.05, 0.1) is 11.3 Å². The van der Waals surface area contributed by atoms with Gasteiger partial charge in [-0.05, 0) is 37.8 Å². The first-order chi connectivity index (χ1) is 17.2. The molecule has 5 heteroatoms. The molecule has 2 heterocycles. The van der Waals surface area contributed by atoms with Crippen LogP contribution in [0.4, 0.5) is 0 Å². The molecule has 37 heavy (non-hydrogen) atoms. The Labute approximate surface area is 231 Å². The molecule has 0 amide bonds. The topological polar surface area (TPSA) is 63.3 Å². The van der Waals surface area contributed by atoms with Crippen molar-refractivity contribution in [3.8, 4) is 11.3 Å². The van der Waals surface area contributed by atoms with Crippen LogP contribution in [-0.2, 0) is 24.9 Å². The van der Waals surface area contributed by atoms with Crippen molar-refractivity contribution >= 4 is 38.6 Å². The van der Waals surface area contributed by atoms with E-state index in [-0.39, 0.29) is 31.6 Å². The SMILES string of the molecule is CC(=O)/C=C(/C)O.CC(C)c1[c-]c(-c2nc3ccccc3c3c2oc2ccccc23)cc(C(C)C)c1.[Ir]. The molecule has 0 atom stereocenters. The van der Waals surface area contributed by atoms with Crippen molar-refractivity contribution in [3.63, 3.8) is 0 Å². The van der Waals surface area contributed by atoms with Crippen LogP contribution in [0.2, 0.25) is 0 Å². The van der Waals surface area contributed by atoms with Crippen molar-refractivity contribution in [1.29, 1.82) is 0 Å². The van der Waals surface area contributed by atoms with E-state index in [0.29, 0.717) is 11.8 Å². The van der Waals surface area contributed by atoms with E-state index in [4.69, 9.17) is 14.5 Å². The van der Waals surface area contributed by atoms with Gasteiger partial charge in [0, 0.05) is 48.0 Å². The van der Waals surface area contributed by atoms with Crippen LogP contribution in [0.15, 0.2) is 76.9 Å². The van der Waals surface area contributed by atoms with E-state index in [1.807, 2.05) is 18.2 Å². The number of aliphatic hydroxyl groups excluding tert-OH is 1. The van der Waals surface area contributed by atoms with Crippen LogP contribution < -0.4 is 0 Å². The average Bonchev–Trinajstić information content (AvgIpc) is 3.22. The first-order valence-electron chi connectivity index (χ1n) is 12.3. The van der Waals surface area contributed by atoms with Crippen LogP contribution in [0, 0.1) is 6.07 Å². The minimum atomic E-state index is -0.125. The molecule has 1 N–H and O–H groups in total. The van der Waals surface area contributed by atoms with E-state index in [0.717, 1.165) is 44.1 Å². The average molecular weight is 671 g/mol. The maximum absolute atomic E-state index is 10.0. The molecule has 0 saturated heterocycles. The van der Waals surface area contributed by atoms with Gasteiger partial charge in [-0.1, -0.05) is 64.1 Å². The molecule has 5 rings (SSSR count). The number of rotatable bonds is 4. The largest absolute Gasteiger partial charge is 0.512 e. The molecule has 0 unspecified atom stereocenters. The molecule has 0 aliphatic heterocycles. The van der Waals surface area contributed by atoms with Gasteiger partial charge < -0.3 is 9.52 Å². The Morgan fingerprint density at radius 3 is 2.19 bits per heavy atom. The van der Waals surface area contributed by atoms with Gasteiger partial charge in [-0.2, -0.15) is 0 Å². The second-order valence-corrected chi connectivity index (χ2v) is 9.77. The number of pyridine rings is 1.